The van der Waals surface area contributed by atoms with Crippen molar-refractivity contribution < 1.29 is 0 Å². The second-order valence-electron chi connectivity index (χ2n) is 3.80. The van der Waals surface area contributed by atoms with Crippen molar-refractivity contribution in [1.29, 1.82) is 0 Å². The van der Waals surface area contributed by atoms with Crippen molar-refractivity contribution in [3.63, 3.8) is 0 Å². The van der Waals surface area contributed by atoms with Crippen LogP contribution in [0, 0.1) is 0 Å². The molecule has 1 nitrogen and oxygen atoms in total. The number of nitrogens with zero attached hydrogens (tertiary/aromatic N) is 1. The number of aromatic nitrogens is 1. The predicted octanol–water partition coefficient (Wildman–Crippen LogP) is 4.44. The van der Waals surface area contributed by atoms with Gasteiger partial charge in [0.25, 0.3) is 0 Å². The number of hydrogen-bond donors (Lipinski definition) is 0. The maximum Gasteiger partial charge on any atom is 0.0924 e. The molecule has 0 atom stereocenters. The maximum atomic E-state index is 4.28. The minimum absolute atomic E-state index is 1.19. The number of unbranched alkanes of at least 4 members (excludes halogenated alkanes) is 6. The van der Waals surface area contributed by atoms with Crippen LogP contribution in [0.5, 0.6) is 0 Å². The predicted molar refractivity (Wildman–Crippen MR) is 63.8 cm³/mol. The Labute approximate surface area is 91.6 Å². The first-order valence-corrected chi connectivity index (χ1v) is 6.70. The van der Waals surface area contributed by atoms with E-state index in [4.69, 9.17) is 0 Å². The van der Waals surface area contributed by atoms with Gasteiger partial charge in [0.05, 0.1) is 5.01 Å². The topological polar surface area (TPSA) is 12.9 Å². The lowest BCUT2D eigenvalue weighted by Crippen LogP contribution is -1.84. The molecule has 0 unspecified atom stereocenters. The summed E-state index contributed by atoms with van der Waals surface area (Å²) in [5.74, 6) is 0. The van der Waals surface area contributed by atoms with Gasteiger partial charge in [0, 0.05) is 11.6 Å². The molecular formula is C12H21NS. The van der Waals surface area contributed by atoms with Gasteiger partial charge in [-0.3, -0.25) is 0 Å². The van der Waals surface area contributed by atoms with Crippen LogP contribution < -0.4 is 0 Å². The third-order valence-corrected chi connectivity index (χ3v) is 3.32. The molecule has 0 aliphatic rings. The molecular weight excluding hydrogens is 190 g/mol. The van der Waals surface area contributed by atoms with Crippen LogP contribution in [0.15, 0.2) is 11.6 Å². The Kier molecular flexibility index (Phi) is 6.67. The van der Waals surface area contributed by atoms with E-state index >= 15 is 0 Å². The Morgan fingerprint density at radius 1 is 1.07 bits per heavy atom. The van der Waals surface area contributed by atoms with E-state index in [0.29, 0.717) is 0 Å². The Hall–Kier alpha value is -0.370. The van der Waals surface area contributed by atoms with Crippen LogP contribution in [-0.4, -0.2) is 4.98 Å². The van der Waals surface area contributed by atoms with Crippen molar-refractivity contribution in [2.45, 2.75) is 58.3 Å². The third kappa shape index (κ3) is 5.38. The molecule has 0 aliphatic carbocycles. The lowest BCUT2D eigenvalue weighted by atomic mass is 10.1. The molecule has 0 aliphatic heterocycles. The minimum atomic E-state index is 1.19. The van der Waals surface area contributed by atoms with Gasteiger partial charge in [-0.15, -0.1) is 11.3 Å². The van der Waals surface area contributed by atoms with Gasteiger partial charge in [0.15, 0.2) is 0 Å². The van der Waals surface area contributed by atoms with Crippen LogP contribution in [-0.2, 0) is 6.42 Å². The average Bonchev–Trinajstić information content (AvgIpc) is 2.69. The van der Waals surface area contributed by atoms with Crippen molar-refractivity contribution >= 4 is 11.3 Å². The van der Waals surface area contributed by atoms with Crippen molar-refractivity contribution in [3.8, 4) is 0 Å². The van der Waals surface area contributed by atoms with Crippen LogP contribution in [0.1, 0.15) is 56.9 Å². The van der Waals surface area contributed by atoms with Crippen LogP contribution in [0.4, 0.5) is 0 Å². The Balaban J connectivity index is 1.85. The molecule has 0 saturated heterocycles. The molecule has 0 aromatic carbocycles. The number of rotatable bonds is 8. The summed E-state index contributed by atoms with van der Waals surface area (Å²) in [5, 5.41) is 3.37. The van der Waals surface area contributed by atoms with Gasteiger partial charge in [0.1, 0.15) is 0 Å². The first-order valence-electron chi connectivity index (χ1n) is 5.82. The fourth-order valence-corrected chi connectivity index (χ4v) is 2.27. The van der Waals surface area contributed by atoms with Crippen LogP contribution in [0.3, 0.4) is 0 Å². The van der Waals surface area contributed by atoms with Crippen molar-refractivity contribution in [2.75, 3.05) is 0 Å². The van der Waals surface area contributed by atoms with Gasteiger partial charge in [-0.25, -0.2) is 4.98 Å². The Morgan fingerprint density at radius 2 is 1.79 bits per heavy atom. The molecule has 1 aromatic heterocycles. The normalized spacial score (nSPS) is 10.6. The number of hydrogen-bond acceptors (Lipinski definition) is 2. The SMILES string of the molecule is CCCCCCCCCc1nccs1. The highest BCUT2D eigenvalue weighted by Crippen LogP contribution is 2.11. The lowest BCUT2D eigenvalue weighted by molar-refractivity contribution is 0.589. The second-order valence-corrected chi connectivity index (χ2v) is 4.78. The molecule has 80 valence electrons. The van der Waals surface area contributed by atoms with E-state index in [1.54, 1.807) is 11.3 Å². The molecule has 1 rings (SSSR count). The van der Waals surface area contributed by atoms with Gasteiger partial charge in [-0.05, 0) is 12.8 Å². The van der Waals surface area contributed by atoms with Gasteiger partial charge in [0.2, 0.25) is 0 Å². The number of thiazole rings is 1. The van der Waals surface area contributed by atoms with Gasteiger partial charge >= 0.3 is 0 Å². The summed E-state index contributed by atoms with van der Waals surface area (Å²) in [7, 11) is 0. The fraction of sp³-hybridized carbons (Fsp3) is 0.750. The largest absolute Gasteiger partial charge is 0.250 e. The zero-order valence-electron chi connectivity index (χ0n) is 9.17. The summed E-state index contributed by atoms with van der Waals surface area (Å²) in [6, 6.07) is 0. The van der Waals surface area contributed by atoms with E-state index < -0.39 is 0 Å². The monoisotopic (exact) mass is 211 g/mol. The van der Waals surface area contributed by atoms with Crippen molar-refractivity contribution in [3.05, 3.63) is 16.6 Å². The van der Waals surface area contributed by atoms with Crippen LogP contribution >= 0.6 is 11.3 Å². The van der Waals surface area contributed by atoms with E-state index in [2.05, 4.69) is 17.3 Å². The Bertz CT molecular complexity index is 206. The van der Waals surface area contributed by atoms with Gasteiger partial charge in [-0.1, -0.05) is 45.4 Å². The van der Waals surface area contributed by atoms with Gasteiger partial charge in [-0.2, -0.15) is 0 Å². The zero-order chi connectivity index (χ0) is 10.1. The minimum Gasteiger partial charge on any atom is -0.250 e. The van der Waals surface area contributed by atoms with E-state index in [1.807, 2.05) is 6.20 Å². The fourth-order valence-electron chi connectivity index (χ4n) is 1.61. The molecule has 14 heavy (non-hydrogen) atoms. The summed E-state index contributed by atoms with van der Waals surface area (Å²) < 4.78 is 0. The molecule has 0 spiro atoms. The van der Waals surface area contributed by atoms with E-state index in [0.717, 1.165) is 0 Å². The summed E-state index contributed by atoms with van der Waals surface area (Å²) in [4.78, 5) is 4.28. The second kappa shape index (κ2) is 7.98. The summed E-state index contributed by atoms with van der Waals surface area (Å²) in [6.07, 6.45) is 12.8. The first-order chi connectivity index (χ1) is 6.93. The van der Waals surface area contributed by atoms with Crippen molar-refractivity contribution in [2.24, 2.45) is 0 Å². The summed E-state index contributed by atoms with van der Waals surface area (Å²) in [5.41, 5.74) is 0. The zero-order valence-corrected chi connectivity index (χ0v) is 9.98. The molecule has 1 aromatic rings. The molecule has 0 fully saturated rings. The Morgan fingerprint density at radius 3 is 2.43 bits per heavy atom. The molecule has 0 bridgehead atoms. The highest BCUT2D eigenvalue weighted by Gasteiger charge is 1.95. The molecule has 1 heterocycles. The highest BCUT2D eigenvalue weighted by molar-refractivity contribution is 7.09. The van der Waals surface area contributed by atoms with E-state index in [-0.39, 0.29) is 0 Å². The van der Waals surface area contributed by atoms with Crippen LogP contribution in [0.25, 0.3) is 0 Å². The van der Waals surface area contributed by atoms with Crippen molar-refractivity contribution in [1.82, 2.24) is 4.98 Å². The smallest absolute Gasteiger partial charge is 0.0924 e. The lowest BCUT2D eigenvalue weighted by Gasteiger charge is -1.99. The molecule has 0 saturated carbocycles. The quantitative estimate of drug-likeness (QED) is 0.579. The molecule has 0 N–H and O–H groups in total. The van der Waals surface area contributed by atoms with Gasteiger partial charge < -0.3 is 0 Å². The summed E-state index contributed by atoms with van der Waals surface area (Å²) >= 11 is 1.78. The molecule has 0 radical (unpaired) electrons. The maximum absolute atomic E-state index is 4.28. The molecule has 0 amide bonds. The average molecular weight is 211 g/mol. The summed E-state index contributed by atoms with van der Waals surface area (Å²) in [6.45, 7) is 2.27. The van der Waals surface area contributed by atoms with E-state index in [1.165, 1.54) is 56.4 Å². The first kappa shape index (κ1) is 11.7. The van der Waals surface area contributed by atoms with Crippen LogP contribution in [0.2, 0.25) is 0 Å². The number of aryl methyl sites for hydroxylation is 1. The highest BCUT2D eigenvalue weighted by atomic mass is 32.1. The van der Waals surface area contributed by atoms with E-state index in [9.17, 15) is 0 Å². The third-order valence-electron chi connectivity index (χ3n) is 2.48. The molecule has 2 heteroatoms. The standard InChI is InChI=1S/C12H21NS/c1-2-3-4-5-6-7-8-9-12-13-10-11-14-12/h10-11H,2-9H2,1H3.